The lowest BCUT2D eigenvalue weighted by molar-refractivity contribution is 0.0956. The lowest BCUT2D eigenvalue weighted by Gasteiger charge is -2.19. The standard InChI is InChI=1S/C18H21ClN2O3S2/c1-13-12-14(4-9-17(13)21(2)26(3,23)24)18(22)20-10-11-25-16-7-5-15(19)6-8-16/h4-9,12H,10-11H2,1-3H3,(H,20,22). The number of nitrogens with one attached hydrogen (secondary N) is 1. The molecule has 5 nitrogen and oxygen atoms in total. The van der Waals surface area contributed by atoms with E-state index in [0.717, 1.165) is 22.5 Å². The van der Waals surface area contributed by atoms with E-state index in [1.807, 2.05) is 24.3 Å². The summed E-state index contributed by atoms with van der Waals surface area (Å²) in [5.74, 6) is 0.555. The maximum Gasteiger partial charge on any atom is 0.251 e. The summed E-state index contributed by atoms with van der Waals surface area (Å²) < 4.78 is 24.5. The molecule has 0 aliphatic rings. The molecule has 0 spiro atoms. The van der Waals surface area contributed by atoms with Crippen LogP contribution < -0.4 is 9.62 Å². The summed E-state index contributed by atoms with van der Waals surface area (Å²) >= 11 is 7.48. The van der Waals surface area contributed by atoms with E-state index in [-0.39, 0.29) is 5.91 Å². The van der Waals surface area contributed by atoms with Gasteiger partial charge in [-0.25, -0.2) is 8.42 Å². The summed E-state index contributed by atoms with van der Waals surface area (Å²) in [6.07, 6.45) is 1.14. The molecule has 8 heteroatoms. The van der Waals surface area contributed by atoms with Crippen LogP contribution in [0.4, 0.5) is 5.69 Å². The highest BCUT2D eigenvalue weighted by atomic mass is 35.5. The van der Waals surface area contributed by atoms with Gasteiger partial charge in [-0.15, -0.1) is 11.8 Å². The van der Waals surface area contributed by atoms with Crippen LogP contribution in [-0.4, -0.2) is 39.9 Å². The summed E-state index contributed by atoms with van der Waals surface area (Å²) in [5.41, 5.74) is 1.79. The van der Waals surface area contributed by atoms with Crippen molar-refractivity contribution in [2.24, 2.45) is 0 Å². The summed E-state index contributed by atoms with van der Waals surface area (Å²) in [6, 6.07) is 12.5. The second-order valence-corrected chi connectivity index (χ2v) is 9.41. The average Bonchev–Trinajstić information content (AvgIpc) is 2.58. The zero-order chi connectivity index (χ0) is 19.3. The largest absolute Gasteiger partial charge is 0.351 e. The minimum Gasteiger partial charge on any atom is -0.351 e. The van der Waals surface area contributed by atoms with Crippen molar-refractivity contribution < 1.29 is 13.2 Å². The first-order valence-corrected chi connectivity index (χ1v) is 11.1. The fourth-order valence-electron chi connectivity index (χ4n) is 2.29. The number of aryl methyl sites for hydroxylation is 1. The summed E-state index contributed by atoms with van der Waals surface area (Å²) in [5, 5.41) is 3.57. The fraction of sp³-hybridized carbons (Fsp3) is 0.278. The zero-order valence-corrected chi connectivity index (χ0v) is 17.2. The van der Waals surface area contributed by atoms with Gasteiger partial charge in [-0.2, -0.15) is 0 Å². The van der Waals surface area contributed by atoms with Gasteiger partial charge in [-0.05, 0) is 55.0 Å². The fourth-order valence-corrected chi connectivity index (χ4v) is 3.75. The maximum absolute atomic E-state index is 12.3. The normalized spacial score (nSPS) is 11.2. The number of hydrogen-bond donors (Lipinski definition) is 1. The summed E-state index contributed by atoms with van der Waals surface area (Å²) in [6.45, 7) is 2.31. The van der Waals surface area contributed by atoms with Gasteiger partial charge in [0.25, 0.3) is 5.91 Å². The van der Waals surface area contributed by atoms with Gasteiger partial charge in [0.15, 0.2) is 0 Å². The Morgan fingerprint density at radius 1 is 1.19 bits per heavy atom. The molecule has 0 bridgehead atoms. The Morgan fingerprint density at radius 2 is 1.85 bits per heavy atom. The molecule has 0 saturated carbocycles. The summed E-state index contributed by atoms with van der Waals surface area (Å²) in [7, 11) is -1.84. The van der Waals surface area contributed by atoms with Crippen molar-refractivity contribution in [3.63, 3.8) is 0 Å². The van der Waals surface area contributed by atoms with Crippen molar-refractivity contribution in [2.45, 2.75) is 11.8 Å². The van der Waals surface area contributed by atoms with Crippen LogP contribution in [0.2, 0.25) is 5.02 Å². The second-order valence-electron chi connectivity index (χ2n) is 5.79. The molecule has 140 valence electrons. The van der Waals surface area contributed by atoms with Gasteiger partial charge in [0.1, 0.15) is 0 Å². The number of carbonyl (C=O) groups excluding carboxylic acids is 1. The maximum atomic E-state index is 12.3. The van der Waals surface area contributed by atoms with Crippen LogP contribution in [0.3, 0.4) is 0 Å². The molecule has 1 amide bonds. The minimum atomic E-state index is -3.34. The smallest absolute Gasteiger partial charge is 0.251 e. The summed E-state index contributed by atoms with van der Waals surface area (Å²) in [4.78, 5) is 13.4. The molecule has 2 aromatic rings. The van der Waals surface area contributed by atoms with Crippen LogP contribution in [0, 0.1) is 6.92 Å². The van der Waals surface area contributed by atoms with Gasteiger partial charge in [0.05, 0.1) is 11.9 Å². The van der Waals surface area contributed by atoms with E-state index in [0.29, 0.717) is 22.8 Å². The van der Waals surface area contributed by atoms with Crippen molar-refractivity contribution >= 4 is 45.0 Å². The highest BCUT2D eigenvalue weighted by Crippen LogP contribution is 2.22. The molecule has 0 heterocycles. The highest BCUT2D eigenvalue weighted by molar-refractivity contribution is 7.99. The molecule has 2 rings (SSSR count). The van der Waals surface area contributed by atoms with Crippen LogP contribution in [0.25, 0.3) is 0 Å². The second kappa shape index (κ2) is 8.79. The first-order chi connectivity index (χ1) is 12.2. The molecule has 0 saturated heterocycles. The topological polar surface area (TPSA) is 66.5 Å². The van der Waals surface area contributed by atoms with Crippen molar-refractivity contribution in [1.29, 1.82) is 0 Å². The van der Waals surface area contributed by atoms with Crippen molar-refractivity contribution in [3.8, 4) is 0 Å². The van der Waals surface area contributed by atoms with E-state index in [1.54, 1.807) is 36.9 Å². The van der Waals surface area contributed by atoms with E-state index >= 15 is 0 Å². The number of amides is 1. The van der Waals surface area contributed by atoms with Crippen LogP contribution in [0.15, 0.2) is 47.4 Å². The third-order valence-electron chi connectivity index (χ3n) is 3.77. The third kappa shape index (κ3) is 5.65. The Bertz CT molecular complexity index is 884. The number of hydrogen-bond acceptors (Lipinski definition) is 4. The van der Waals surface area contributed by atoms with E-state index in [9.17, 15) is 13.2 Å². The Balaban J connectivity index is 1.91. The highest BCUT2D eigenvalue weighted by Gasteiger charge is 2.15. The molecular formula is C18H21ClN2O3S2. The minimum absolute atomic E-state index is 0.182. The molecule has 0 unspecified atom stereocenters. The first kappa shape index (κ1) is 20.6. The molecule has 26 heavy (non-hydrogen) atoms. The Hall–Kier alpha value is -1.70. The average molecular weight is 413 g/mol. The number of thioether (sulfide) groups is 1. The van der Waals surface area contributed by atoms with Gasteiger partial charge in [-0.1, -0.05) is 11.6 Å². The molecule has 0 aliphatic heterocycles. The Labute approximate surface area is 163 Å². The molecule has 0 aromatic heterocycles. The van der Waals surface area contributed by atoms with E-state index in [4.69, 9.17) is 11.6 Å². The van der Waals surface area contributed by atoms with Gasteiger partial charge in [0, 0.05) is 34.8 Å². The van der Waals surface area contributed by atoms with Crippen LogP contribution >= 0.6 is 23.4 Å². The Kier molecular flexibility index (Phi) is 6.97. The van der Waals surface area contributed by atoms with Crippen LogP contribution in [0.5, 0.6) is 0 Å². The number of anilines is 1. The van der Waals surface area contributed by atoms with E-state index in [2.05, 4.69) is 5.32 Å². The molecule has 0 radical (unpaired) electrons. The lowest BCUT2D eigenvalue weighted by Crippen LogP contribution is -2.27. The lowest BCUT2D eigenvalue weighted by atomic mass is 10.1. The molecular weight excluding hydrogens is 392 g/mol. The van der Waals surface area contributed by atoms with E-state index in [1.165, 1.54) is 11.4 Å². The molecule has 1 N–H and O–H groups in total. The number of benzene rings is 2. The van der Waals surface area contributed by atoms with Crippen LogP contribution in [-0.2, 0) is 10.0 Å². The first-order valence-electron chi connectivity index (χ1n) is 7.89. The monoisotopic (exact) mass is 412 g/mol. The number of sulfonamides is 1. The van der Waals surface area contributed by atoms with Gasteiger partial charge < -0.3 is 5.32 Å². The van der Waals surface area contributed by atoms with Crippen LogP contribution in [0.1, 0.15) is 15.9 Å². The molecule has 0 atom stereocenters. The van der Waals surface area contributed by atoms with Crippen molar-refractivity contribution in [3.05, 3.63) is 58.6 Å². The van der Waals surface area contributed by atoms with Crippen molar-refractivity contribution in [2.75, 3.05) is 29.9 Å². The SMILES string of the molecule is Cc1cc(C(=O)NCCSc2ccc(Cl)cc2)ccc1N(C)S(C)(=O)=O. The van der Waals surface area contributed by atoms with Gasteiger partial charge >= 0.3 is 0 Å². The molecule has 2 aromatic carbocycles. The van der Waals surface area contributed by atoms with Crippen molar-refractivity contribution in [1.82, 2.24) is 5.32 Å². The quantitative estimate of drug-likeness (QED) is 0.557. The molecule has 0 aliphatic carbocycles. The number of nitrogens with zero attached hydrogens (tertiary/aromatic N) is 1. The number of halogens is 1. The number of carbonyl (C=O) groups is 1. The third-order valence-corrected chi connectivity index (χ3v) is 6.22. The van der Waals surface area contributed by atoms with Gasteiger partial charge in [-0.3, -0.25) is 9.10 Å². The molecule has 0 fully saturated rings. The predicted octanol–water partition coefficient (Wildman–Crippen LogP) is 3.57. The Morgan fingerprint density at radius 3 is 2.42 bits per heavy atom. The van der Waals surface area contributed by atoms with Gasteiger partial charge in [0.2, 0.25) is 10.0 Å². The van der Waals surface area contributed by atoms with E-state index < -0.39 is 10.0 Å². The predicted molar refractivity (Wildman–Crippen MR) is 109 cm³/mol. The zero-order valence-electron chi connectivity index (χ0n) is 14.8. The number of rotatable bonds is 7.